The number of carboxylic acids is 1. The van der Waals surface area contributed by atoms with Gasteiger partial charge >= 0.3 is 5.97 Å². The van der Waals surface area contributed by atoms with Crippen molar-refractivity contribution in [2.24, 2.45) is 5.92 Å². The van der Waals surface area contributed by atoms with Crippen LogP contribution in [-0.4, -0.2) is 23.2 Å². The number of hydrogen-bond acceptors (Lipinski definition) is 4. The Morgan fingerprint density at radius 1 is 1.53 bits per heavy atom. The van der Waals surface area contributed by atoms with Crippen LogP contribution in [0.25, 0.3) is 0 Å². The van der Waals surface area contributed by atoms with Crippen LogP contribution in [0.2, 0.25) is 0 Å². The van der Waals surface area contributed by atoms with E-state index in [4.69, 9.17) is 4.74 Å². The number of thiazole rings is 1. The molecule has 1 aliphatic rings. The first-order chi connectivity index (χ1) is 9.02. The Labute approximate surface area is 117 Å². The molecule has 1 saturated carbocycles. The summed E-state index contributed by atoms with van der Waals surface area (Å²) in [6.45, 7) is 4.19. The highest BCUT2D eigenvalue weighted by atomic mass is 32.1. The average Bonchev–Trinajstić information content (AvgIpc) is 2.85. The van der Waals surface area contributed by atoms with E-state index < -0.39 is 5.97 Å². The largest absolute Gasteiger partial charge is 0.477 e. The summed E-state index contributed by atoms with van der Waals surface area (Å²) in [7, 11) is 1.71. The molecule has 19 heavy (non-hydrogen) atoms. The Morgan fingerprint density at radius 3 is 2.58 bits per heavy atom. The zero-order valence-corrected chi connectivity index (χ0v) is 12.5. The van der Waals surface area contributed by atoms with Gasteiger partial charge in [-0.15, -0.1) is 11.3 Å². The van der Waals surface area contributed by atoms with Gasteiger partial charge in [0.05, 0.1) is 5.69 Å². The molecule has 5 heteroatoms. The van der Waals surface area contributed by atoms with Crippen molar-refractivity contribution < 1.29 is 14.6 Å². The van der Waals surface area contributed by atoms with E-state index >= 15 is 0 Å². The summed E-state index contributed by atoms with van der Waals surface area (Å²) in [5.74, 6) is -0.163. The van der Waals surface area contributed by atoms with Crippen LogP contribution < -0.4 is 0 Å². The molecule has 0 aliphatic heterocycles. The SMILES string of the molecule is CCc1nc(C2(OC)CCC(C)CC2)sc1C(=O)O. The normalized spacial score (nSPS) is 27.4. The fourth-order valence-electron chi connectivity index (χ4n) is 2.69. The van der Waals surface area contributed by atoms with Gasteiger partial charge in [-0.2, -0.15) is 0 Å². The van der Waals surface area contributed by atoms with Crippen LogP contribution in [0.15, 0.2) is 0 Å². The lowest BCUT2D eigenvalue weighted by Crippen LogP contribution is -2.33. The number of nitrogens with zero attached hydrogens (tertiary/aromatic N) is 1. The van der Waals surface area contributed by atoms with Crippen molar-refractivity contribution in [1.29, 1.82) is 0 Å². The first-order valence-corrected chi connectivity index (χ1v) is 7.62. The number of aromatic nitrogens is 1. The maximum absolute atomic E-state index is 11.3. The van der Waals surface area contributed by atoms with Gasteiger partial charge < -0.3 is 9.84 Å². The number of aromatic carboxylic acids is 1. The molecule has 0 saturated heterocycles. The molecule has 0 spiro atoms. The minimum atomic E-state index is -0.879. The topological polar surface area (TPSA) is 59.4 Å². The van der Waals surface area contributed by atoms with E-state index in [-0.39, 0.29) is 5.60 Å². The van der Waals surface area contributed by atoms with Gasteiger partial charge in [0.25, 0.3) is 0 Å². The monoisotopic (exact) mass is 283 g/mol. The van der Waals surface area contributed by atoms with E-state index in [0.29, 0.717) is 22.9 Å². The molecule has 106 valence electrons. The quantitative estimate of drug-likeness (QED) is 0.919. The lowest BCUT2D eigenvalue weighted by Gasteiger charge is -2.36. The van der Waals surface area contributed by atoms with Crippen LogP contribution in [0.1, 0.15) is 59.9 Å². The summed E-state index contributed by atoms with van der Waals surface area (Å²) < 4.78 is 5.76. The van der Waals surface area contributed by atoms with E-state index in [1.54, 1.807) is 7.11 Å². The zero-order valence-electron chi connectivity index (χ0n) is 11.7. The molecule has 0 bridgehead atoms. The van der Waals surface area contributed by atoms with Crippen LogP contribution >= 0.6 is 11.3 Å². The van der Waals surface area contributed by atoms with Crippen molar-refractivity contribution in [2.75, 3.05) is 7.11 Å². The van der Waals surface area contributed by atoms with Gasteiger partial charge in [-0.1, -0.05) is 13.8 Å². The summed E-state index contributed by atoms with van der Waals surface area (Å²) in [4.78, 5) is 16.2. The Kier molecular flexibility index (Phi) is 4.26. The number of rotatable bonds is 4. The summed E-state index contributed by atoms with van der Waals surface area (Å²) >= 11 is 1.29. The van der Waals surface area contributed by atoms with Gasteiger partial charge in [-0.25, -0.2) is 9.78 Å². The highest BCUT2D eigenvalue weighted by Crippen LogP contribution is 2.44. The Balaban J connectivity index is 2.36. The van der Waals surface area contributed by atoms with Crippen LogP contribution in [0.5, 0.6) is 0 Å². The van der Waals surface area contributed by atoms with Crippen LogP contribution in [0, 0.1) is 5.92 Å². The molecule has 1 N–H and O–H groups in total. The number of carbonyl (C=O) groups is 1. The second-order valence-electron chi connectivity index (χ2n) is 5.33. The third-order valence-electron chi connectivity index (χ3n) is 4.09. The minimum absolute atomic E-state index is 0.366. The van der Waals surface area contributed by atoms with Crippen LogP contribution in [0.4, 0.5) is 0 Å². The summed E-state index contributed by atoms with van der Waals surface area (Å²) in [5, 5.41) is 10.1. The van der Waals surface area contributed by atoms with E-state index in [1.165, 1.54) is 11.3 Å². The number of aryl methyl sites for hydroxylation is 1. The van der Waals surface area contributed by atoms with Gasteiger partial charge in [0.2, 0.25) is 0 Å². The van der Waals surface area contributed by atoms with Crippen LogP contribution in [-0.2, 0) is 16.8 Å². The van der Waals surface area contributed by atoms with E-state index in [2.05, 4.69) is 11.9 Å². The fraction of sp³-hybridized carbons (Fsp3) is 0.714. The van der Waals surface area contributed by atoms with Gasteiger partial charge in [-0.05, 0) is 38.0 Å². The smallest absolute Gasteiger partial charge is 0.347 e. The standard InChI is InChI=1S/C14H21NO3S/c1-4-10-11(12(16)17)19-13(15-10)14(18-3)7-5-9(2)6-8-14/h9H,4-8H2,1-3H3,(H,16,17). The molecule has 0 amide bonds. The summed E-state index contributed by atoms with van der Waals surface area (Å²) in [6, 6.07) is 0. The summed E-state index contributed by atoms with van der Waals surface area (Å²) in [6.07, 6.45) is 4.73. The van der Waals surface area contributed by atoms with Crippen molar-refractivity contribution in [3.05, 3.63) is 15.6 Å². The molecular weight excluding hydrogens is 262 g/mol. The molecular formula is C14H21NO3S. The van der Waals surface area contributed by atoms with E-state index in [9.17, 15) is 9.90 Å². The maximum Gasteiger partial charge on any atom is 0.347 e. The highest BCUT2D eigenvalue weighted by molar-refractivity contribution is 7.13. The fourth-order valence-corrected chi connectivity index (χ4v) is 3.90. The molecule has 1 fully saturated rings. The van der Waals surface area contributed by atoms with E-state index in [1.807, 2.05) is 6.92 Å². The first kappa shape index (κ1) is 14.5. The molecule has 1 heterocycles. The minimum Gasteiger partial charge on any atom is -0.477 e. The van der Waals surface area contributed by atoms with Gasteiger partial charge in [0, 0.05) is 7.11 Å². The zero-order chi connectivity index (χ0) is 14.0. The third kappa shape index (κ3) is 2.67. The maximum atomic E-state index is 11.3. The molecule has 4 nitrogen and oxygen atoms in total. The number of carboxylic acid groups (broad SMARTS) is 1. The number of ether oxygens (including phenoxy) is 1. The average molecular weight is 283 g/mol. The first-order valence-electron chi connectivity index (χ1n) is 6.81. The van der Waals surface area contributed by atoms with Crippen molar-refractivity contribution in [3.63, 3.8) is 0 Å². The van der Waals surface area contributed by atoms with Crippen molar-refractivity contribution in [3.8, 4) is 0 Å². The number of methoxy groups -OCH3 is 1. The predicted molar refractivity (Wildman–Crippen MR) is 74.8 cm³/mol. The third-order valence-corrected chi connectivity index (χ3v) is 5.36. The molecule has 1 aromatic rings. The molecule has 2 rings (SSSR count). The van der Waals surface area contributed by atoms with E-state index in [0.717, 1.165) is 30.7 Å². The number of hydrogen-bond donors (Lipinski definition) is 1. The Bertz CT molecular complexity index is 461. The van der Waals surface area contributed by atoms with Crippen molar-refractivity contribution in [1.82, 2.24) is 4.98 Å². The second kappa shape index (κ2) is 5.59. The van der Waals surface area contributed by atoms with Gasteiger partial charge in [-0.3, -0.25) is 0 Å². The lowest BCUT2D eigenvalue weighted by molar-refractivity contribution is -0.0531. The summed E-state index contributed by atoms with van der Waals surface area (Å²) in [5.41, 5.74) is 0.317. The van der Waals surface area contributed by atoms with Crippen molar-refractivity contribution >= 4 is 17.3 Å². The Hall–Kier alpha value is -0.940. The predicted octanol–water partition coefficient (Wildman–Crippen LogP) is 3.46. The molecule has 0 atom stereocenters. The Morgan fingerprint density at radius 2 is 2.16 bits per heavy atom. The molecule has 1 aliphatic carbocycles. The molecule has 0 radical (unpaired) electrons. The van der Waals surface area contributed by atoms with Crippen molar-refractivity contribution in [2.45, 2.75) is 51.6 Å². The molecule has 1 aromatic heterocycles. The molecule has 0 aromatic carbocycles. The van der Waals surface area contributed by atoms with Gasteiger partial charge in [0.15, 0.2) is 0 Å². The molecule has 0 unspecified atom stereocenters. The lowest BCUT2D eigenvalue weighted by atomic mass is 9.80. The highest BCUT2D eigenvalue weighted by Gasteiger charge is 2.39. The van der Waals surface area contributed by atoms with Gasteiger partial charge in [0.1, 0.15) is 15.5 Å². The van der Waals surface area contributed by atoms with Crippen LogP contribution in [0.3, 0.4) is 0 Å². The second-order valence-corrected chi connectivity index (χ2v) is 6.33.